The molecule has 0 N–H and O–H groups in total. The summed E-state index contributed by atoms with van der Waals surface area (Å²) in [7, 11) is 6.93. The summed E-state index contributed by atoms with van der Waals surface area (Å²) in [5, 5.41) is 12.4. The molecule has 0 saturated heterocycles. The largest absolute Gasteiger partial charge is 0.808 e. The quantitative estimate of drug-likeness (QED) is 0.391. The second-order valence-electron chi connectivity index (χ2n) is 9.64. The van der Waals surface area contributed by atoms with Gasteiger partial charge in [-0.05, 0) is 62.8 Å². The molecule has 172 valence electrons. The third-order valence-electron chi connectivity index (χ3n) is 4.48. The molecular weight excluding hydrogens is 385 g/mol. The fraction of sp³-hybridized carbons (Fsp3) is 0.538. The highest BCUT2D eigenvalue weighted by molar-refractivity contribution is 6.34. The number of quaternary nitrogens is 1. The molecule has 0 aliphatic carbocycles. The van der Waals surface area contributed by atoms with Crippen LogP contribution in [0.5, 0.6) is 11.5 Å². The molecule has 0 saturated carbocycles. The Bertz CT molecular complexity index is 721. The van der Waals surface area contributed by atoms with Gasteiger partial charge in [0.1, 0.15) is 11.5 Å². The Kier molecular flexibility index (Phi) is 11.7. The lowest BCUT2D eigenvalue weighted by Gasteiger charge is -2.24. The van der Waals surface area contributed by atoms with Crippen molar-refractivity contribution in [1.82, 2.24) is 0 Å². The molecule has 0 spiro atoms. The number of benzene rings is 2. The second kappa shape index (κ2) is 13.4. The molecule has 5 heteroatoms. The van der Waals surface area contributed by atoms with Gasteiger partial charge in [0.2, 0.25) is 0 Å². The van der Waals surface area contributed by atoms with Crippen molar-refractivity contribution >= 4 is 7.32 Å². The molecule has 0 bridgehead atoms. The van der Waals surface area contributed by atoms with E-state index in [1.165, 1.54) is 11.1 Å². The molecular formula is C26H42BNO3. The van der Waals surface area contributed by atoms with Crippen LogP contribution in [0.2, 0.25) is 0 Å². The summed E-state index contributed by atoms with van der Waals surface area (Å²) < 4.78 is 12.2. The van der Waals surface area contributed by atoms with E-state index in [1.54, 1.807) is 0 Å². The molecule has 2 aromatic rings. The minimum Gasteiger partial charge on any atom is -0.808 e. The van der Waals surface area contributed by atoms with E-state index in [4.69, 9.17) is 9.31 Å². The highest BCUT2D eigenvalue weighted by atomic mass is 16.7. The molecule has 2 rings (SSSR count). The number of hydrogen-bond donors (Lipinski definition) is 0. The van der Waals surface area contributed by atoms with Gasteiger partial charge in [0, 0.05) is 0 Å². The van der Waals surface area contributed by atoms with E-state index in [1.807, 2.05) is 24.3 Å². The fourth-order valence-electron chi connectivity index (χ4n) is 3.00. The topological polar surface area (TPSA) is 41.5 Å². The first-order valence-corrected chi connectivity index (χ1v) is 11.5. The van der Waals surface area contributed by atoms with Crippen LogP contribution in [0.1, 0.15) is 61.8 Å². The van der Waals surface area contributed by atoms with Crippen LogP contribution in [0, 0.1) is 13.8 Å². The van der Waals surface area contributed by atoms with Gasteiger partial charge in [-0.3, -0.25) is 0 Å². The standard InChI is InChI=1S/C22H30BO3.C4H12N/c1-5-7-9-19-15-17(3)11-13-21(19)25-23(24)26-22-14-12-18(4)16-20(22)10-8-6-2;1-5(2,3)4/h11-16H,5-10H2,1-4H3;1-4H3/q-1;+1. The van der Waals surface area contributed by atoms with Crippen LogP contribution < -0.4 is 14.3 Å². The molecule has 4 nitrogen and oxygen atoms in total. The molecule has 0 unspecified atom stereocenters. The van der Waals surface area contributed by atoms with E-state index in [9.17, 15) is 5.02 Å². The molecule has 0 atom stereocenters. The zero-order valence-corrected chi connectivity index (χ0v) is 21.0. The Morgan fingerprint density at radius 1 is 0.742 bits per heavy atom. The van der Waals surface area contributed by atoms with Gasteiger partial charge in [0.05, 0.1) is 28.2 Å². The first-order valence-electron chi connectivity index (χ1n) is 11.5. The van der Waals surface area contributed by atoms with Crippen LogP contribution in [0.3, 0.4) is 0 Å². The van der Waals surface area contributed by atoms with Crippen LogP contribution in [0.25, 0.3) is 0 Å². The van der Waals surface area contributed by atoms with Gasteiger partial charge in [-0.2, -0.15) is 0 Å². The van der Waals surface area contributed by atoms with E-state index in [0.717, 1.165) is 54.1 Å². The average molecular weight is 427 g/mol. The summed E-state index contributed by atoms with van der Waals surface area (Å²) in [5.74, 6) is 1.26. The van der Waals surface area contributed by atoms with Crippen molar-refractivity contribution in [2.45, 2.75) is 66.2 Å². The molecule has 0 fully saturated rings. The smallest absolute Gasteiger partial charge is 0.492 e. The van der Waals surface area contributed by atoms with Crippen molar-refractivity contribution in [3.63, 3.8) is 0 Å². The normalized spacial score (nSPS) is 10.9. The Morgan fingerprint density at radius 3 is 1.42 bits per heavy atom. The lowest BCUT2D eigenvalue weighted by atomic mass is 10.0. The number of unbranched alkanes of at least 4 members (excludes halogenated alkanes) is 2. The van der Waals surface area contributed by atoms with Gasteiger partial charge in [-0.25, -0.2) is 0 Å². The first-order chi connectivity index (χ1) is 14.5. The predicted octanol–water partition coefficient (Wildman–Crippen LogP) is 5.11. The monoisotopic (exact) mass is 427 g/mol. The van der Waals surface area contributed by atoms with Crippen molar-refractivity contribution in [3.05, 3.63) is 58.7 Å². The Morgan fingerprint density at radius 2 is 1.10 bits per heavy atom. The third kappa shape index (κ3) is 11.8. The molecule has 0 amide bonds. The Balaban J connectivity index is 0.000000861. The van der Waals surface area contributed by atoms with Gasteiger partial charge >= 0.3 is 7.32 Å². The summed E-state index contributed by atoms with van der Waals surface area (Å²) in [6, 6.07) is 11.9. The van der Waals surface area contributed by atoms with Crippen molar-refractivity contribution in [2.75, 3.05) is 28.2 Å². The number of nitrogens with zero attached hydrogens (tertiary/aromatic N) is 1. The Labute approximate surface area is 191 Å². The summed E-state index contributed by atoms with van der Waals surface area (Å²) in [5.41, 5.74) is 4.50. The maximum Gasteiger partial charge on any atom is 0.492 e. The summed E-state index contributed by atoms with van der Waals surface area (Å²) in [6.45, 7) is 8.42. The molecule has 31 heavy (non-hydrogen) atoms. The Hall–Kier alpha value is -1.98. The van der Waals surface area contributed by atoms with E-state index in [2.05, 4.69) is 68.0 Å². The van der Waals surface area contributed by atoms with Crippen LogP contribution in [0.4, 0.5) is 0 Å². The van der Waals surface area contributed by atoms with Crippen LogP contribution in [0.15, 0.2) is 36.4 Å². The predicted molar refractivity (Wildman–Crippen MR) is 131 cm³/mol. The molecule has 2 aromatic carbocycles. The van der Waals surface area contributed by atoms with Gasteiger partial charge in [-0.15, -0.1) is 0 Å². The fourth-order valence-corrected chi connectivity index (χ4v) is 3.00. The van der Waals surface area contributed by atoms with Gasteiger partial charge in [0.25, 0.3) is 0 Å². The summed E-state index contributed by atoms with van der Waals surface area (Å²) >= 11 is 0. The molecule has 0 aromatic heterocycles. The summed E-state index contributed by atoms with van der Waals surface area (Å²) in [6.07, 6.45) is 6.18. The van der Waals surface area contributed by atoms with Crippen LogP contribution >= 0.6 is 0 Å². The molecule has 0 aliphatic heterocycles. The molecule has 0 aliphatic rings. The van der Waals surface area contributed by atoms with Crippen LogP contribution in [-0.4, -0.2) is 40.0 Å². The lowest BCUT2D eigenvalue weighted by molar-refractivity contribution is -0.849. The maximum absolute atomic E-state index is 12.4. The van der Waals surface area contributed by atoms with Crippen LogP contribution in [-0.2, 0) is 12.8 Å². The number of rotatable bonds is 10. The van der Waals surface area contributed by atoms with E-state index >= 15 is 0 Å². The highest BCUT2D eigenvalue weighted by Crippen LogP contribution is 2.25. The SMILES string of the molecule is CCCCc1cc(C)ccc1OB([O-])Oc1ccc(C)cc1CCCC.C[N+](C)(C)C. The molecule has 0 radical (unpaired) electrons. The number of aryl methyl sites for hydroxylation is 4. The van der Waals surface area contributed by atoms with Crippen molar-refractivity contribution < 1.29 is 18.8 Å². The van der Waals surface area contributed by atoms with Crippen molar-refractivity contribution in [2.24, 2.45) is 0 Å². The zero-order valence-electron chi connectivity index (χ0n) is 21.0. The second-order valence-corrected chi connectivity index (χ2v) is 9.64. The van der Waals surface area contributed by atoms with E-state index < -0.39 is 7.32 Å². The zero-order chi connectivity index (χ0) is 23.4. The maximum atomic E-state index is 12.4. The van der Waals surface area contributed by atoms with E-state index in [-0.39, 0.29) is 0 Å². The van der Waals surface area contributed by atoms with Crippen molar-refractivity contribution in [3.8, 4) is 11.5 Å². The highest BCUT2D eigenvalue weighted by Gasteiger charge is 2.13. The lowest BCUT2D eigenvalue weighted by Crippen LogP contribution is -2.44. The first kappa shape index (κ1) is 27.1. The minimum atomic E-state index is -1.57. The van der Waals surface area contributed by atoms with Gasteiger partial charge in [-0.1, -0.05) is 62.1 Å². The van der Waals surface area contributed by atoms with Crippen molar-refractivity contribution in [1.29, 1.82) is 0 Å². The molecule has 0 heterocycles. The minimum absolute atomic E-state index is 0.631. The van der Waals surface area contributed by atoms with Gasteiger partial charge < -0.3 is 18.8 Å². The third-order valence-corrected chi connectivity index (χ3v) is 4.48. The average Bonchev–Trinajstić information content (AvgIpc) is 2.67. The number of hydrogen-bond acceptors (Lipinski definition) is 3. The van der Waals surface area contributed by atoms with E-state index in [0.29, 0.717) is 11.5 Å². The summed E-state index contributed by atoms with van der Waals surface area (Å²) in [4.78, 5) is 0. The van der Waals surface area contributed by atoms with Gasteiger partial charge in [0.15, 0.2) is 0 Å².